The summed E-state index contributed by atoms with van der Waals surface area (Å²) in [5.41, 5.74) is 1.61. The second kappa shape index (κ2) is 11.5. The molecule has 1 fully saturated rings. The molecule has 4 rings (SSSR count). The molecule has 0 saturated carbocycles. The van der Waals surface area contributed by atoms with Crippen LogP contribution < -0.4 is 5.32 Å². The Bertz CT molecular complexity index is 1220. The minimum Gasteiger partial charge on any atom is -0.324 e. The van der Waals surface area contributed by atoms with Crippen LogP contribution in [0.3, 0.4) is 0 Å². The zero-order valence-corrected chi connectivity index (χ0v) is 20.3. The summed E-state index contributed by atoms with van der Waals surface area (Å²) in [7, 11) is -3.49. The van der Waals surface area contributed by atoms with E-state index in [1.165, 1.54) is 9.71 Å². The molecule has 0 bridgehead atoms. The normalized spacial score (nSPS) is 15.4. The van der Waals surface area contributed by atoms with E-state index < -0.39 is 10.0 Å². The quantitative estimate of drug-likeness (QED) is 0.504. The summed E-state index contributed by atoms with van der Waals surface area (Å²) in [5.74, 6) is -0.110. The lowest BCUT2D eigenvalue weighted by Crippen LogP contribution is -2.49. The van der Waals surface area contributed by atoms with Crippen LogP contribution in [0.2, 0.25) is 0 Å². The van der Waals surface area contributed by atoms with Gasteiger partial charge >= 0.3 is 0 Å². The van der Waals surface area contributed by atoms with Gasteiger partial charge in [-0.15, -0.1) is 0 Å². The van der Waals surface area contributed by atoms with E-state index in [9.17, 15) is 13.2 Å². The number of nitrogens with zero attached hydrogens (tertiary/aromatic N) is 2. The number of anilines is 1. The summed E-state index contributed by atoms with van der Waals surface area (Å²) in [4.78, 5) is 16.8. The molecular weight excluding hydrogens is 466 g/mol. The highest BCUT2D eigenvalue weighted by molar-refractivity contribution is 7.99. The van der Waals surface area contributed by atoms with Gasteiger partial charge in [0.1, 0.15) is 0 Å². The average molecular weight is 494 g/mol. The molecular formula is C26H27N3O3S2. The van der Waals surface area contributed by atoms with Gasteiger partial charge in [0.2, 0.25) is 15.9 Å². The van der Waals surface area contributed by atoms with Crippen molar-refractivity contribution in [1.29, 1.82) is 0 Å². The van der Waals surface area contributed by atoms with Crippen LogP contribution in [0.5, 0.6) is 0 Å². The molecule has 8 heteroatoms. The molecule has 1 N–H and O–H groups in total. The molecule has 0 unspecified atom stereocenters. The molecule has 1 aliphatic heterocycles. The van der Waals surface area contributed by atoms with Gasteiger partial charge in [-0.05, 0) is 35.9 Å². The highest BCUT2D eigenvalue weighted by Crippen LogP contribution is 2.33. The van der Waals surface area contributed by atoms with Crippen LogP contribution in [0.1, 0.15) is 5.56 Å². The van der Waals surface area contributed by atoms with Gasteiger partial charge in [0.05, 0.1) is 12.2 Å². The Balaban J connectivity index is 1.29. The summed E-state index contributed by atoms with van der Waals surface area (Å²) in [6.45, 7) is 1.95. The third kappa shape index (κ3) is 6.80. The third-order valence-corrected chi connectivity index (χ3v) is 8.07. The third-order valence-electron chi connectivity index (χ3n) is 5.42. The zero-order chi connectivity index (χ0) is 23.8. The molecule has 0 atom stereocenters. The van der Waals surface area contributed by atoms with Crippen LogP contribution >= 0.6 is 11.8 Å². The van der Waals surface area contributed by atoms with E-state index in [0.717, 1.165) is 21.0 Å². The fourth-order valence-corrected chi connectivity index (χ4v) is 5.72. The van der Waals surface area contributed by atoms with E-state index in [-0.39, 0.29) is 12.5 Å². The number of rotatable bonds is 8. The molecule has 0 radical (unpaired) electrons. The molecule has 0 aromatic heterocycles. The lowest BCUT2D eigenvalue weighted by atomic mass is 10.2. The van der Waals surface area contributed by atoms with Crippen LogP contribution in [0, 0.1) is 0 Å². The standard InChI is InChI=1S/C26H27N3O3S2/c30-26(27-24-13-7-8-14-25(24)33-23-11-5-2-6-12-23)21-28-16-18-29(19-17-28)34(31,32)20-15-22-9-3-1-4-10-22/h1-15,20H,16-19,21H2,(H,27,30)/b20-15+. The number of amides is 1. The predicted molar refractivity (Wildman–Crippen MR) is 138 cm³/mol. The lowest BCUT2D eigenvalue weighted by molar-refractivity contribution is -0.117. The number of carbonyl (C=O) groups excluding carboxylic acids is 1. The maximum atomic E-state index is 12.7. The number of sulfonamides is 1. The Hall–Kier alpha value is -2.91. The van der Waals surface area contributed by atoms with Crippen molar-refractivity contribution in [3.63, 3.8) is 0 Å². The highest BCUT2D eigenvalue weighted by atomic mass is 32.2. The SMILES string of the molecule is O=C(CN1CCN(S(=O)(=O)/C=C/c2ccccc2)CC1)Nc1ccccc1Sc1ccccc1. The Labute approximate surface area is 205 Å². The highest BCUT2D eigenvalue weighted by Gasteiger charge is 2.26. The Morgan fingerprint density at radius 2 is 1.47 bits per heavy atom. The van der Waals surface area contributed by atoms with Crippen molar-refractivity contribution in [3.05, 3.63) is 95.9 Å². The van der Waals surface area contributed by atoms with Crippen LogP contribution in [0.25, 0.3) is 6.08 Å². The Morgan fingerprint density at radius 3 is 2.18 bits per heavy atom. The summed E-state index contributed by atoms with van der Waals surface area (Å²) < 4.78 is 26.8. The van der Waals surface area contributed by atoms with Gasteiger partial charge in [-0.3, -0.25) is 9.69 Å². The van der Waals surface area contributed by atoms with Crippen molar-refractivity contribution < 1.29 is 13.2 Å². The number of hydrogen-bond acceptors (Lipinski definition) is 5. The van der Waals surface area contributed by atoms with E-state index in [1.807, 2.05) is 89.8 Å². The Morgan fingerprint density at radius 1 is 0.853 bits per heavy atom. The monoisotopic (exact) mass is 493 g/mol. The number of piperazine rings is 1. The van der Waals surface area contributed by atoms with Crippen LogP contribution in [-0.4, -0.2) is 56.3 Å². The van der Waals surface area contributed by atoms with Crippen molar-refractivity contribution in [2.24, 2.45) is 0 Å². The van der Waals surface area contributed by atoms with Gasteiger partial charge in [0, 0.05) is 41.4 Å². The number of para-hydroxylation sites is 1. The van der Waals surface area contributed by atoms with Crippen molar-refractivity contribution >= 4 is 39.5 Å². The van der Waals surface area contributed by atoms with Gasteiger partial charge in [0.15, 0.2) is 0 Å². The molecule has 3 aromatic rings. The fraction of sp³-hybridized carbons (Fsp3) is 0.192. The molecule has 1 aliphatic rings. The first-order valence-corrected chi connectivity index (χ1v) is 13.4. The summed E-state index contributed by atoms with van der Waals surface area (Å²) in [6, 6.07) is 27.1. The second-order valence-corrected chi connectivity index (χ2v) is 10.8. The molecule has 3 aromatic carbocycles. The number of nitrogens with one attached hydrogen (secondary N) is 1. The van der Waals surface area contributed by atoms with Gasteiger partial charge in [0.25, 0.3) is 0 Å². The lowest BCUT2D eigenvalue weighted by Gasteiger charge is -2.32. The van der Waals surface area contributed by atoms with Crippen molar-refractivity contribution in [2.75, 3.05) is 38.0 Å². The first-order valence-electron chi connectivity index (χ1n) is 11.1. The minimum absolute atomic E-state index is 0.110. The van der Waals surface area contributed by atoms with E-state index in [1.54, 1.807) is 17.8 Å². The molecule has 0 spiro atoms. The largest absolute Gasteiger partial charge is 0.324 e. The number of benzene rings is 3. The summed E-state index contributed by atoms with van der Waals surface area (Å²) in [6.07, 6.45) is 1.61. The summed E-state index contributed by atoms with van der Waals surface area (Å²) in [5, 5.41) is 4.27. The second-order valence-electron chi connectivity index (χ2n) is 7.89. The smallest absolute Gasteiger partial charge is 0.238 e. The van der Waals surface area contributed by atoms with Gasteiger partial charge in [-0.1, -0.05) is 72.4 Å². The van der Waals surface area contributed by atoms with Crippen molar-refractivity contribution in [1.82, 2.24) is 9.21 Å². The van der Waals surface area contributed by atoms with Crippen LogP contribution in [-0.2, 0) is 14.8 Å². The first-order chi connectivity index (χ1) is 16.5. The molecule has 1 heterocycles. The van der Waals surface area contributed by atoms with E-state index in [0.29, 0.717) is 26.2 Å². The van der Waals surface area contributed by atoms with Crippen molar-refractivity contribution in [2.45, 2.75) is 9.79 Å². The maximum Gasteiger partial charge on any atom is 0.238 e. The molecule has 176 valence electrons. The zero-order valence-electron chi connectivity index (χ0n) is 18.7. The van der Waals surface area contributed by atoms with Crippen molar-refractivity contribution in [3.8, 4) is 0 Å². The van der Waals surface area contributed by atoms with Crippen LogP contribution in [0.4, 0.5) is 5.69 Å². The fourth-order valence-electron chi connectivity index (χ4n) is 3.62. The van der Waals surface area contributed by atoms with Gasteiger partial charge in [-0.2, -0.15) is 4.31 Å². The predicted octanol–water partition coefficient (Wildman–Crippen LogP) is 4.39. The average Bonchev–Trinajstić information content (AvgIpc) is 2.86. The van der Waals surface area contributed by atoms with Crippen LogP contribution in [0.15, 0.2) is 100 Å². The molecule has 34 heavy (non-hydrogen) atoms. The molecule has 1 saturated heterocycles. The van der Waals surface area contributed by atoms with Gasteiger partial charge < -0.3 is 5.32 Å². The van der Waals surface area contributed by atoms with E-state index in [4.69, 9.17) is 0 Å². The molecule has 1 amide bonds. The van der Waals surface area contributed by atoms with E-state index in [2.05, 4.69) is 5.32 Å². The topological polar surface area (TPSA) is 69.7 Å². The molecule has 6 nitrogen and oxygen atoms in total. The van der Waals surface area contributed by atoms with Gasteiger partial charge in [-0.25, -0.2) is 8.42 Å². The Kier molecular flexibility index (Phi) is 8.18. The summed E-state index contributed by atoms with van der Waals surface area (Å²) >= 11 is 1.60. The van der Waals surface area contributed by atoms with E-state index >= 15 is 0 Å². The maximum absolute atomic E-state index is 12.7. The minimum atomic E-state index is -3.49. The number of carbonyl (C=O) groups is 1. The molecule has 0 aliphatic carbocycles. The number of hydrogen-bond donors (Lipinski definition) is 1. The first kappa shape index (κ1) is 24.2.